The van der Waals surface area contributed by atoms with Gasteiger partial charge in [-0.2, -0.15) is 0 Å². The van der Waals surface area contributed by atoms with E-state index in [2.05, 4.69) is 10.6 Å². The SMILES string of the molecule is COCCNCC(=O)NCC1(c2ccc(F)cc2)CC1.Cl. The molecule has 0 unspecified atom stereocenters. The van der Waals surface area contributed by atoms with Gasteiger partial charge in [-0.1, -0.05) is 12.1 Å². The van der Waals surface area contributed by atoms with Crippen LogP contribution in [0, 0.1) is 5.82 Å². The Kier molecular flexibility index (Phi) is 7.08. The molecule has 0 saturated heterocycles. The van der Waals surface area contributed by atoms with Gasteiger partial charge in [0.25, 0.3) is 0 Å². The van der Waals surface area contributed by atoms with Crippen LogP contribution in [0.5, 0.6) is 0 Å². The third kappa shape index (κ3) is 5.26. The van der Waals surface area contributed by atoms with Crippen molar-refractivity contribution in [2.45, 2.75) is 18.3 Å². The summed E-state index contributed by atoms with van der Waals surface area (Å²) in [6.45, 7) is 2.16. The molecule has 2 N–H and O–H groups in total. The van der Waals surface area contributed by atoms with E-state index in [4.69, 9.17) is 4.74 Å². The standard InChI is InChI=1S/C15H21FN2O2.ClH/c1-20-9-8-17-10-14(19)18-11-15(6-7-15)12-2-4-13(16)5-3-12;/h2-5,17H,6-11H2,1H3,(H,18,19);1H. The highest BCUT2D eigenvalue weighted by Gasteiger charge is 2.44. The van der Waals surface area contributed by atoms with Gasteiger partial charge >= 0.3 is 0 Å². The molecule has 4 nitrogen and oxygen atoms in total. The summed E-state index contributed by atoms with van der Waals surface area (Å²) in [5, 5.41) is 5.94. The number of carbonyl (C=O) groups is 1. The summed E-state index contributed by atoms with van der Waals surface area (Å²) in [6, 6.07) is 6.57. The minimum absolute atomic E-state index is 0. The Hall–Kier alpha value is -1.17. The van der Waals surface area contributed by atoms with E-state index in [9.17, 15) is 9.18 Å². The highest BCUT2D eigenvalue weighted by Crippen LogP contribution is 2.47. The number of rotatable bonds is 8. The fourth-order valence-electron chi connectivity index (χ4n) is 2.23. The van der Waals surface area contributed by atoms with Gasteiger partial charge in [0.15, 0.2) is 0 Å². The molecule has 1 saturated carbocycles. The van der Waals surface area contributed by atoms with Crippen molar-refractivity contribution in [3.8, 4) is 0 Å². The number of ether oxygens (including phenoxy) is 1. The van der Waals surface area contributed by atoms with E-state index in [1.54, 1.807) is 7.11 Å². The second kappa shape index (κ2) is 8.32. The number of benzene rings is 1. The van der Waals surface area contributed by atoms with E-state index in [1.807, 2.05) is 12.1 Å². The third-order valence-electron chi connectivity index (χ3n) is 3.70. The van der Waals surface area contributed by atoms with Crippen LogP contribution in [0.2, 0.25) is 0 Å². The number of carbonyl (C=O) groups excluding carboxylic acids is 1. The summed E-state index contributed by atoms with van der Waals surface area (Å²) in [7, 11) is 1.63. The Balaban J connectivity index is 0.00000220. The Bertz CT molecular complexity index is 449. The fourth-order valence-corrected chi connectivity index (χ4v) is 2.23. The molecule has 0 bridgehead atoms. The smallest absolute Gasteiger partial charge is 0.233 e. The molecule has 2 rings (SSSR count). The quantitative estimate of drug-likeness (QED) is 0.717. The second-order valence-electron chi connectivity index (χ2n) is 5.23. The van der Waals surface area contributed by atoms with Crippen molar-refractivity contribution in [3.05, 3.63) is 35.6 Å². The van der Waals surface area contributed by atoms with Gasteiger partial charge in [0.2, 0.25) is 5.91 Å². The summed E-state index contributed by atoms with van der Waals surface area (Å²) in [4.78, 5) is 11.7. The van der Waals surface area contributed by atoms with E-state index in [1.165, 1.54) is 12.1 Å². The van der Waals surface area contributed by atoms with Crippen molar-refractivity contribution in [1.82, 2.24) is 10.6 Å². The maximum atomic E-state index is 12.9. The van der Waals surface area contributed by atoms with Crippen molar-refractivity contribution < 1.29 is 13.9 Å². The third-order valence-corrected chi connectivity index (χ3v) is 3.70. The number of nitrogens with one attached hydrogen (secondary N) is 2. The van der Waals surface area contributed by atoms with Gasteiger partial charge < -0.3 is 15.4 Å². The molecular formula is C15H22ClFN2O2. The van der Waals surface area contributed by atoms with Crippen LogP contribution in [-0.4, -0.2) is 39.3 Å². The van der Waals surface area contributed by atoms with Crippen molar-refractivity contribution >= 4 is 18.3 Å². The topological polar surface area (TPSA) is 50.4 Å². The molecule has 21 heavy (non-hydrogen) atoms. The normalized spacial score (nSPS) is 15.1. The number of amides is 1. The first-order valence-electron chi connectivity index (χ1n) is 6.89. The molecule has 1 aromatic carbocycles. The van der Waals surface area contributed by atoms with Crippen LogP contribution < -0.4 is 10.6 Å². The lowest BCUT2D eigenvalue weighted by atomic mass is 9.96. The second-order valence-corrected chi connectivity index (χ2v) is 5.23. The van der Waals surface area contributed by atoms with Gasteiger partial charge in [0.1, 0.15) is 5.82 Å². The van der Waals surface area contributed by atoms with E-state index < -0.39 is 0 Å². The average molecular weight is 317 g/mol. The van der Waals surface area contributed by atoms with Gasteiger partial charge in [0, 0.05) is 25.6 Å². The highest BCUT2D eigenvalue weighted by atomic mass is 35.5. The lowest BCUT2D eigenvalue weighted by Crippen LogP contribution is -2.39. The molecule has 0 spiro atoms. The molecule has 0 heterocycles. The van der Waals surface area contributed by atoms with Crippen LogP contribution in [0.25, 0.3) is 0 Å². The maximum Gasteiger partial charge on any atom is 0.233 e. The average Bonchev–Trinajstić information content (AvgIpc) is 3.23. The fraction of sp³-hybridized carbons (Fsp3) is 0.533. The molecule has 1 fully saturated rings. The van der Waals surface area contributed by atoms with Crippen molar-refractivity contribution in [3.63, 3.8) is 0 Å². The van der Waals surface area contributed by atoms with Crippen molar-refractivity contribution in [2.24, 2.45) is 0 Å². The minimum atomic E-state index is -0.226. The largest absolute Gasteiger partial charge is 0.383 e. The Morgan fingerprint density at radius 2 is 2.00 bits per heavy atom. The summed E-state index contributed by atoms with van der Waals surface area (Å²) in [6.07, 6.45) is 2.08. The zero-order valence-corrected chi connectivity index (χ0v) is 13.0. The number of halogens is 2. The lowest BCUT2D eigenvalue weighted by molar-refractivity contribution is -0.120. The van der Waals surface area contributed by atoms with Gasteiger partial charge in [-0.25, -0.2) is 4.39 Å². The van der Waals surface area contributed by atoms with E-state index in [-0.39, 0.29) is 29.5 Å². The molecule has 0 atom stereocenters. The minimum Gasteiger partial charge on any atom is -0.383 e. The first kappa shape index (κ1) is 17.9. The summed E-state index contributed by atoms with van der Waals surface area (Å²) in [5.41, 5.74) is 1.11. The lowest BCUT2D eigenvalue weighted by Gasteiger charge is -2.16. The first-order chi connectivity index (χ1) is 9.66. The van der Waals surface area contributed by atoms with Crippen LogP contribution >= 0.6 is 12.4 Å². The van der Waals surface area contributed by atoms with Crippen molar-refractivity contribution in [1.29, 1.82) is 0 Å². The first-order valence-corrected chi connectivity index (χ1v) is 6.89. The van der Waals surface area contributed by atoms with Crippen LogP contribution in [0.4, 0.5) is 4.39 Å². The molecule has 1 aliphatic carbocycles. The molecule has 0 aliphatic heterocycles. The summed E-state index contributed by atoms with van der Waals surface area (Å²) >= 11 is 0. The summed E-state index contributed by atoms with van der Waals surface area (Å²) < 4.78 is 17.8. The van der Waals surface area contributed by atoms with E-state index >= 15 is 0 Å². The van der Waals surface area contributed by atoms with Crippen LogP contribution in [0.1, 0.15) is 18.4 Å². The van der Waals surface area contributed by atoms with Gasteiger partial charge in [-0.3, -0.25) is 4.79 Å². The Morgan fingerprint density at radius 3 is 2.57 bits per heavy atom. The monoisotopic (exact) mass is 316 g/mol. The molecule has 1 aromatic rings. The predicted molar refractivity (Wildman–Crippen MR) is 82.3 cm³/mol. The van der Waals surface area contributed by atoms with Gasteiger partial charge in [0.05, 0.1) is 13.2 Å². The summed E-state index contributed by atoms with van der Waals surface area (Å²) in [5.74, 6) is -0.245. The molecule has 118 valence electrons. The van der Waals surface area contributed by atoms with E-state index in [0.29, 0.717) is 26.2 Å². The number of methoxy groups -OCH3 is 1. The van der Waals surface area contributed by atoms with Crippen molar-refractivity contribution in [2.75, 3.05) is 33.4 Å². The number of hydrogen-bond acceptors (Lipinski definition) is 3. The maximum absolute atomic E-state index is 12.9. The zero-order chi connectivity index (χ0) is 14.4. The van der Waals surface area contributed by atoms with Gasteiger partial charge in [-0.05, 0) is 30.5 Å². The van der Waals surface area contributed by atoms with Crippen LogP contribution in [-0.2, 0) is 14.9 Å². The molecule has 1 aliphatic rings. The molecule has 0 aromatic heterocycles. The molecular weight excluding hydrogens is 295 g/mol. The highest BCUT2D eigenvalue weighted by molar-refractivity contribution is 5.85. The Labute approximate surface area is 130 Å². The zero-order valence-electron chi connectivity index (χ0n) is 12.2. The van der Waals surface area contributed by atoms with Crippen LogP contribution in [0.3, 0.4) is 0 Å². The molecule has 1 amide bonds. The predicted octanol–water partition coefficient (Wildman–Crippen LogP) is 1.63. The van der Waals surface area contributed by atoms with Gasteiger partial charge in [-0.15, -0.1) is 12.4 Å². The Morgan fingerprint density at radius 1 is 1.33 bits per heavy atom. The number of hydrogen-bond donors (Lipinski definition) is 2. The van der Waals surface area contributed by atoms with Crippen LogP contribution in [0.15, 0.2) is 24.3 Å². The van der Waals surface area contributed by atoms with E-state index in [0.717, 1.165) is 18.4 Å². The molecule has 0 radical (unpaired) electrons. The molecule has 6 heteroatoms.